The molecule has 1 fully saturated rings. The molecular weight excluding hydrogens is 164 g/mol. The van der Waals surface area contributed by atoms with Crippen LogP contribution >= 0.6 is 0 Å². The number of allylic oxidation sites excluding steroid dienone is 1. The van der Waals surface area contributed by atoms with Crippen molar-refractivity contribution in [1.82, 2.24) is 0 Å². The van der Waals surface area contributed by atoms with Crippen molar-refractivity contribution < 1.29 is 9.90 Å². The van der Waals surface area contributed by atoms with Gasteiger partial charge in [0.2, 0.25) is 0 Å². The van der Waals surface area contributed by atoms with Crippen molar-refractivity contribution in [3.8, 4) is 0 Å². The Hall–Kier alpha value is -0.790. The van der Waals surface area contributed by atoms with Gasteiger partial charge < -0.3 is 5.11 Å². The number of hydrogen-bond donors (Lipinski definition) is 1. The summed E-state index contributed by atoms with van der Waals surface area (Å²) in [5.74, 6) is 0.0522. The zero-order chi connectivity index (χ0) is 9.90. The molecule has 2 nitrogen and oxygen atoms in total. The highest BCUT2D eigenvalue weighted by Crippen LogP contribution is 2.42. The Labute approximate surface area is 79.6 Å². The summed E-state index contributed by atoms with van der Waals surface area (Å²) < 4.78 is 0. The third kappa shape index (κ3) is 2.58. The van der Waals surface area contributed by atoms with E-state index in [4.69, 9.17) is 5.11 Å². The van der Waals surface area contributed by atoms with Crippen LogP contribution in [0, 0.1) is 11.3 Å². The van der Waals surface area contributed by atoms with Gasteiger partial charge in [-0.3, -0.25) is 4.79 Å². The highest BCUT2D eigenvalue weighted by Gasteiger charge is 2.33. The molecule has 0 heterocycles. The van der Waals surface area contributed by atoms with E-state index in [1.54, 1.807) is 0 Å². The summed E-state index contributed by atoms with van der Waals surface area (Å²) in [4.78, 5) is 10.7. The van der Waals surface area contributed by atoms with Gasteiger partial charge in [-0.15, -0.1) is 6.58 Å². The molecule has 1 aliphatic rings. The summed E-state index contributed by atoms with van der Waals surface area (Å²) in [6.07, 6.45) is 6.36. The van der Waals surface area contributed by atoms with E-state index in [0.29, 0.717) is 0 Å². The summed E-state index contributed by atoms with van der Waals surface area (Å²) in [6.45, 7) is 6.00. The number of carboxylic acid groups (broad SMARTS) is 1. The van der Waals surface area contributed by atoms with Gasteiger partial charge in [-0.25, -0.2) is 0 Å². The van der Waals surface area contributed by atoms with Crippen molar-refractivity contribution in [2.75, 3.05) is 0 Å². The first kappa shape index (κ1) is 10.3. The molecule has 0 aliphatic heterocycles. The molecule has 0 aromatic rings. The van der Waals surface area contributed by atoms with Crippen molar-refractivity contribution in [1.29, 1.82) is 0 Å². The van der Waals surface area contributed by atoms with Crippen LogP contribution in [-0.2, 0) is 4.79 Å². The minimum Gasteiger partial charge on any atom is -0.481 e. The van der Waals surface area contributed by atoms with Crippen LogP contribution in [0.3, 0.4) is 0 Å². The molecule has 0 aromatic heterocycles. The Morgan fingerprint density at radius 2 is 2.15 bits per heavy atom. The standard InChI is InChI=1S/C11H18O2/c1-3-11(8-10(12)13)6-4-9(2)5-7-11/h3,9H,1,4-8H2,2H3,(H,12,13). The fourth-order valence-corrected chi connectivity index (χ4v) is 2.09. The van der Waals surface area contributed by atoms with Crippen molar-refractivity contribution in [3.63, 3.8) is 0 Å². The van der Waals surface area contributed by atoms with E-state index in [0.717, 1.165) is 31.6 Å². The molecule has 1 saturated carbocycles. The van der Waals surface area contributed by atoms with Crippen LogP contribution in [0.2, 0.25) is 0 Å². The molecule has 2 heteroatoms. The van der Waals surface area contributed by atoms with Gasteiger partial charge in [-0.1, -0.05) is 13.0 Å². The fourth-order valence-electron chi connectivity index (χ4n) is 2.09. The van der Waals surface area contributed by atoms with Crippen LogP contribution < -0.4 is 0 Å². The average molecular weight is 182 g/mol. The number of carboxylic acids is 1. The van der Waals surface area contributed by atoms with E-state index in [2.05, 4.69) is 13.5 Å². The van der Waals surface area contributed by atoms with Gasteiger partial charge in [0.25, 0.3) is 0 Å². The third-order valence-corrected chi connectivity index (χ3v) is 3.21. The quantitative estimate of drug-likeness (QED) is 0.681. The number of rotatable bonds is 3. The SMILES string of the molecule is C=CC1(CC(=O)O)CCC(C)CC1. The summed E-state index contributed by atoms with van der Waals surface area (Å²) in [6, 6.07) is 0. The first-order valence-corrected chi connectivity index (χ1v) is 4.93. The Bertz CT molecular complexity index is 200. The molecule has 1 rings (SSSR count). The minimum atomic E-state index is -0.700. The van der Waals surface area contributed by atoms with Crippen LogP contribution in [0.5, 0.6) is 0 Å². The predicted octanol–water partition coefficient (Wildman–Crippen LogP) is 2.84. The van der Waals surface area contributed by atoms with E-state index < -0.39 is 5.97 Å². The molecule has 1 aliphatic carbocycles. The lowest BCUT2D eigenvalue weighted by molar-refractivity contribution is -0.139. The average Bonchev–Trinajstić information content (AvgIpc) is 2.09. The Morgan fingerprint density at radius 3 is 2.54 bits per heavy atom. The van der Waals surface area contributed by atoms with E-state index in [1.807, 2.05) is 6.08 Å². The van der Waals surface area contributed by atoms with Crippen LogP contribution in [-0.4, -0.2) is 11.1 Å². The molecule has 0 bridgehead atoms. The molecule has 0 saturated heterocycles. The number of hydrogen-bond acceptors (Lipinski definition) is 1. The lowest BCUT2D eigenvalue weighted by Gasteiger charge is -2.35. The second kappa shape index (κ2) is 3.95. The van der Waals surface area contributed by atoms with Crippen molar-refractivity contribution in [3.05, 3.63) is 12.7 Å². The van der Waals surface area contributed by atoms with Gasteiger partial charge in [0.05, 0.1) is 6.42 Å². The molecule has 13 heavy (non-hydrogen) atoms. The largest absolute Gasteiger partial charge is 0.481 e. The fraction of sp³-hybridized carbons (Fsp3) is 0.727. The zero-order valence-corrected chi connectivity index (χ0v) is 8.25. The van der Waals surface area contributed by atoms with Crippen molar-refractivity contribution in [2.24, 2.45) is 11.3 Å². The Morgan fingerprint density at radius 1 is 1.62 bits per heavy atom. The van der Waals surface area contributed by atoms with Gasteiger partial charge in [0, 0.05) is 0 Å². The highest BCUT2D eigenvalue weighted by atomic mass is 16.4. The van der Waals surface area contributed by atoms with E-state index in [9.17, 15) is 4.79 Å². The first-order chi connectivity index (χ1) is 6.08. The van der Waals surface area contributed by atoms with Gasteiger partial charge in [0.1, 0.15) is 0 Å². The van der Waals surface area contributed by atoms with Gasteiger partial charge in [-0.2, -0.15) is 0 Å². The maximum Gasteiger partial charge on any atom is 0.304 e. The molecule has 0 radical (unpaired) electrons. The maximum absolute atomic E-state index is 10.7. The summed E-state index contributed by atoms with van der Waals surface area (Å²) in [5, 5.41) is 8.78. The van der Waals surface area contributed by atoms with Crippen LogP contribution in [0.4, 0.5) is 0 Å². The first-order valence-electron chi connectivity index (χ1n) is 4.93. The van der Waals surface area contributed by atoms with E-state index in [-0.39, 0.29) is 11.8 Å². The van der Waals surface area contributed by atoms with Crippen molar-refractivity contribution >= 4 is 5.97 Å². The third-order valence-electron chi connectivity index (χ3n) is 3.21. The molecule has 74 valence electrons. The topological polar surface area (TPSA) is 37.3 Å². The summed E-state index contributed by atoms with van der Waals surface area (Å²) in [7, 11) is 0. The molecule has 0 spiro atoms. The Kier molecular flexibility index (Phi) is 3.12. The molecule has 0 unspecified atom stereocenters. The monoisotopic (exact) mass is 182 g/mol. The summed E-state index contributed by atoms with van der Waals surface area (Å²) in [5.41, 5.74) is -0.113. The van der Waals surface area contributed by atoms with E-state index >= 15 is 0 Å². The lowest BCUT2D eigenvalue weighted by Crippen LogP contribution is -2.27. The van der Waals surface area contributed by atoms with Crippen LogP contribution in [0.1, 0.15) is 39.0 Å². The zero-order valence-electron chi connectivity index (χ0n) is 8.25. The number of carbonyl (C=O) groups is 1. The molecule has 1 N–H and O–H groups in total. The Balaban J connectivity index is 2.60. The number of aliphatic carboxylic acids is 1. The van der Waals surface area contributed by atoms with Crippen LogP contribution in [0.25, 0.3) is 0 Å². The molecular formula is C11H18O2. The minimum absolute atomic E-state index is 0.113. The maximum atomic E-state index is 10.7. The van der Waals surface area contributed by atoms with Crippen LogP contribution in [0.15, 0.2) is 12.7 Å². The second-order valence-corrected chi connectivity index (χ2v) is 4.32. The smallest absolute Gasteiger partial charge is 0.304 e. The normalized spacial score (nSPS) is 34.1. The highest BCUT2D eigenvalue weighted by molar-refractivity contribution is 5.68. The van der Waals surface area contributed by atoms with Crippen molar-refractivity contribution in [2.45, 2.75) is 39.0 Å². The molecule has 0 atom stereocenters. The lowest BCUT2D eigenvalue weighted by atomic mass is 9.69. The second-order valence-electron chi connectivity index (χ2n) is 4.32. The predicted molar refractivity (Wildman–Crippen MR) is 52.5 cm³/mol. The summed E-state index contributed by atoms with van der Waals surface area (Å²) >= 11 is 0. The van der Waals surface area contributed by atoms with Gasteiger partial charge in [0.15, 0.2) is 0 Å². The van der Waals surface area contributed by atoms with Gasteiger partial charge >= 0.3 is 5.97 Å². The molecule has 0 aromatic carbocycles. The molecule has 0 amide bonds. The van der Waals surface area contributed by atoms with E-state index in [1.165, 1.54) is 0 Å². The van der Waals surface area contributed by atoms with Gasteiger partial charge in [-0.05, 0) is 37.0 Å².